The maximum Gasteiger partial charge on any atom is 0.334 e. The lowest BCUT2D eigenvalue weighted by Gasteiger charge is -2.17. The molecule has 3 nitrogen and oxygen atoms in total. The van der Waals surface area contributed by atoms with Gasteiger partial charge in [-0.1, -0.05) is 13.0 Å². The van der Waals surface area contributed by atoms with Crippen LogP contribution in [0.1, 0.15) is 6.92 Å². The highest BCUT2D eigenvalue weighted by Crippen LogP contribution is 2.07. The zero-order valence-electron chi connectivity index (χ0n) is 6.89. The van der Waals surface area contributed by atoms with Crippen molar-refractivity contribution in [2.24, 2.45) is 5.92 Å². The fraction of sp³-hybridized carbons (Fsp3) is 0.625. The van der Waals surface area contributed by atoms with Crippen LogP contribution >= 0.6 is 0 Å². The molecule has 1 heterocycles. The Labute approximate surface area is 66.4 Å². The minimum absolute atomic E-state index is 0.218. The van der Waals surface area contributed by atoms with Crippen LogP contribution in [0, 0.1) is 5.92 Å². The van der Waals surface area contributed by atoms with Gasteiger partial charge in [-0.05, 0) is 5.92 Å². The first-order valence-corrected chi connectivity index (χ1v) is 3.73. The molecule has 1 rings (SSSR count). The molecular formula is C8H13NO2. The quantitative estimate of drug-likeness (QED) is 0.554. The molecule has 3 heteroatoms. The highest BCUT2D eigenvalue weighted by atomic mass is 16.5. The van der Waals surface area contributed by atoms with E-state index >= 15 is 0 Å². The van der Waals surface area contributed by atoms with Crippen LogP contribution in [-0.4, -0.2) is 26.2 Å². The highest BCUT2D eigenvalue weighted by molar-refractivity contribution is 5.89. The van der Waals surface area contributed by atoms with Gasteiger partial charge in [0.15, 0.2) is 0 Å². The van der Waals surface area contributed by atoms with E-state index in [1.165, 1.54) is 7.11 Å². The summed E-state index contributed by atoms with van der Waals surface area (Å²) in [5.41, 5.74) is 0.742. The predicted octanol–water partition coefficient (Wildman–Crippen LogP) is 0.325. The van der Waals surface area contributed by atoms with E-state index in [4.69, 9.17) is 0 Å². The largest absolute Gasteiger partial charge is 0.466 e. The van der Waals surface area contributed by atoms with E-state index in [0.717, 1.165) is 12.1 Å². The number of ether oxygens (including phenoxy) is 1. The molecule has 0 aliphatic carbocycles. The van der Waals surface area contributed by atoms with Crippen LogP contribution < -0.4 is 5.32 Å². The molecule has 11 heavy (non-hydrogen) atoms. The van der Waals surface area contributed by atoms with Crippen LogP contribution in [0.3, 0.4) is 0 Å². The maximum atomic E-state index is 11.0. The van der Waals surface area contributed by atoms with Crippen LogP contribution in [0.25, 0.3) is 0 Å². The van der Waals surface area contributed by atoms with Crippen molar-refractivity contribution in [3.63, 3.8) is 0 Å². The van der Waals surface area contributed by atoms with E-state index in [1.54, 1.807) is 0 Å². The standard InChI is InChI=1S/C8H13NO2/c1-6-3-7(5-9-4-6)8(10)11-2/h3,6,9H,4-5H2,1-2H3. The van der Waals surface area contributed by atoms with Gasteiger partial charge in [-0.2, -0.15) is 0 Å². The molecule has 1 unspecified atom stereocenters. The first-order chi connectivity index (χ1) is 5.24. The molecule has 0 amide bonds. The smallest absolute Gasteiger partial charge is 0.334 e. The molecule has 62 valence electrons. The molecule has 1 aliphatic heterocycles. The molecule has 0 saturated carbocycles. The van der Waals surface area contributed by atoms with Crippen molar-refractivity contribution in [2.75, 3.05) is 20.2 Å². The Morgan fingerprint density at radius 2 is 2.55 bits per heavy atom. The topological polar surface area (TPSA) is 38.3 Å². The molecule has 0 aromatic rings. The zero-order valence-corrected chi connectivity index (χ0v) is 6.89. The third-order valence-corrected chi connectivity index (χ3v) is 1.72. The maximum absolute atomic E-state index is 11.0. The van der Waals surface area contributed by atoms with Gasteiger partial charge in [-0.25, -0.2) is 4.79 Å². The number of hydrogen-bond acceptors (Lipinski definition) is 3. The Hall–Kier alpha value is -0.830. The molecule has 0 bridgehead atoms. The Balaban J connectivity index is 2.63. The summed E-state index contributed by atoms with van der Waals surface area (Å²) in [5.74, 6) is 0.210. The van der Waals surface area contributed by atoms with Crippen molar-refractivity contribution in [2.45, 2.75) is 6.92 Å². The molecular weight excluding hydrogens is 142 g/mol. The van der Waals surface area contributed by atoms with Gasteiger partial charge in [0, 0.05) is 18.7 Å². The van der Waals surface area contributed by atoms with E-state index in [2.05, 4.69) is 17.0 Å². The van der Waals surface area contributed by atoms with Crippen molar-refractivity contribution in [1.29, 1.82) is 0 Å². The van der Waals surface area contributed by atoms with Crippen molar-refractivity contribution >= 4 is 5.97 Å². The first kappa shape index (κ1) is 8.27. The third kappa shape index (κ3) is 2.05. The molecule has 1 aliphatic rings. The lowest BCUT2D eigenvalue weighted by atomic mass is 10.0. The van der Waals surface area contributed by atoms with Gasteiger partial charge in [0.2, 0.25) is 0 Å². The van der Waals surface area contributed by atoms with Crippen LogP contribution in [0.5, 0.6) is 0 Å². The Bertz CT molecular complexity index is 187. The Kier molecular flexibility index (Phi) is 2.65. The summed E-state index contributed by atoms with van der Waals surface area (Å²) in [4.78, 5) is 11.0. The van der Waals surface area contributed by atoms with E-state index in [1.807, 2.05) is 6.08 Å². The minimum atomic E-state index is -0.218. The van der Waals surface area contributed by atoms with Crippen molar-refractivity contribution in [1.82, 2.24) is 5.32 Å². The molecule has 0 saturated heterocycles. The number of hydrogen-bond donors (Lipinski definition) is 1. The van der Waals surface area contributed by atoms with Crippen molar-refractivity contribution < 1.29 is 9.53 Å². The minimum Gasteiger partial charge on any atom is -0.466 e. The molecule has 1 atom stereocenters. The van der Waals surface area contributed by atoms with Gasteiger partial charge in [-0.15, -0.1) is 0 Å². The van der Waals surface area contributed by atoms with E-state index in [9.17, 15) is 4.79 Å². The Morgan fingerprint density at radius 1 is 1.82 bits per heavy atom. The number of nitrogens with one attached hydrogen (secondary N) is 1. The number of carbonyl (C=O) groups excluding carboxylic acids is 1. The molecule has 0 radical (unpaired) electrons. The van der Waals surface area contributed by atoms with Crippen molar-refractivity contribution in [3.05, 3.63) is 11.6 Å². The summed E-state index contributed by atoms with van der Waals surface area (Å²) in [7, 11) is 1.41. The SMILES string of the molecule is COC(=O)C1=CC(C)CNC1. The summed E-state index contributed by atoms with van der Waals surface area (Å²) < 4.78 is 4.59. The van der Waals surface area contributed by atoms with Gasteiger partial charge in [0.25, 0.3) is 0 Å². The second-order valence-electron chi connectivity index (χ2n) is 2.79. The van der Waals surface area contributed by atoms with Crippen LogP contribution in [0.15, 0.2) is 11.6 Å². The van der Waals surface area contributed by atoms with Gasteiger partial charge < -0.3 is 10.1 Å². The van der Waals surface area contributed by atoms with E-state index < -0.39 is 0 Å². The Morgan fingerprint density at radius 3 is 3.09 bits per heavy atom. The lowest BCUT2D eigenvalue weighted by molar-refractivity contribution is -0.136. The van der Waals surface area contributed by atoms with Crippen LogP contribution in [0.4, 0.5) is 0 Å². The number of rotatable bonds is 1. The van der Waals surface area contributed by atoms with Crippen molar-refractivity contribution in [3.8, 4) is 0 Å². The average Bonchev–Trinajstić information content (AvgIpc) is 2.03. The summed E-state index contributed by atoms with van der Waals surface area (Å²) in [6.07, 6.45) is 1.96. The molecule has 0 aromatic heterocycles. The summed E-state index contributed by atoms with van der Waals surface area (Å²) in [5, 5.41) is 3.13. The highest BCUT2D eigenvalue weighted by Gasteiger charge is 2.14. The summed E-state index contributed by atoms with van der Waals surface area (Å²) in [6, 6.07) is 0. The monoisotopic (exact) mass is 155 g/mol. The first-order valence-electron chi connectivity index (χ1n) is 3.73. The molecule has 1 N–H and O–H groups in total. The number of methoxy groups -OCH3 is 1. The van der Waals surface area contributed by atoms with Crippen LogP contribution in [-0.2, 0) is 9.53 Å². The summed E-state index contributed by atoms with van der Waals surface area (Å²) >= 11 is 0. The second kappa shape index (κ2) is 3.53. The molecule has 0 spiro atoms. The number of carbonyl (C=O) groups is 1. The van der Waals surface area contributed by atoms with Gasteiger partial charge >= 0.3 is 5.97 Å². The second-order valence-corrected chi connectivity index (χ2v) is 2.79. The van der Waals surface area contributed by atoms with E-state index in [-0.39, 0.29) is 5.97 Å². The predicted molar refractivity (Wildman–Crippen MR) is 42.1 cm³/mol. The lowest BCUT2D eigenvalue weighted by Crippen LogP contribution is -2.30. The van der Waals surface area contributed by atoms with Gasteiger partial charge in [0.1, 0.15) is 0 Å². The third-order valence-electron chi connectivity index (χ3n) is 1.72. The fourth-order valence-corrected chi connectivity index (χ4v) is 1.17. The summed E-state index contributed by atoms with van der Waals surface area (Å²) in [6.45, 7) is 3.65. The fourth-order valence-electron chi connectivity index (χ4n) is 1.17. The van der Waals surface area contributed by atoms with Gasteiger partial charge in [0.05, 0.1) is 7.11 Å². The van der Waals surface area contributed by atoms with Gasteiger partial charge in [-0.3, -0.25) is 0 Å². The molecule has 0 fully saturated rings. The zero-order chi connectivity index (χ0) is 8.27. The normalized spacial score (nSPS) is 24.2. The number of esters is 1. The van der Waals surface area contributed by atoms with E-state index in [0.29, 0.717) is 12.5 Å². The average molecular weight is 155 g/mol. The van der Waals surface area contributed by atoms with Crippen LogP contribution in [0.2, 0.25) is 0 Å². The molecule has 0 aromatic carbocycles.